The van der Waals surface area contributed by atoms with Crippen molar-refractivity contribution < 1.29 is 27.1 Å². The minimum absolute atomic E-state index is 0.0630. The van der Waals surface area contributed by atoms with Gasteiger partial charge in [0.25, 0.3) is 10.2 Å². The van der Waals surface area contributed by atoms with Gasteiger partial charge in [-0.25, -0.2) is 28.7 Å². The Kier molecular flexibility index (Phi) is 7.64. The van der Waals surface area contributed by atoms with Crippen molar-refractivity contribution in [3.05, 3.63) is 83.2 Å². The van der Waals surface area contributed by atoms with E-state index >= 15 is 0 Å². The molecule has 4 N–H and O–H groups in total. The number of hydrogen-bond acceptors (Lipinski definition) is 5. The van der Waals surface area contributed by atoms with Crippen molar-refractivity contribution in [3.63, 3.8) is 0 Å². The summed E-state index contributed by atoms with van der Waals surface area (Å²) in [5.74, 6) is -2.54. The molecule has 0 atom stereocenters. The highest BCUT2D eigenvalue weighted by molar-refractivity contribution is 7.87. The van der Waals surface area contributed by atoms with Crippen molar-refractivity contribution in [2.75, 3.05) is 0 Å². The molecular formula is C19H18F2N4O4S. The summed E-state index contributed by atoms with van der Waals surface area (Å²) in [5, 5.41) is 13.4. The highest BCUT2D eigenvalue weighted by Gasteiger charge is 2.11. The zero-order valence-corrected chi connectivity index (χ0v) is 16.5. The van der Waals surface area contributed by atoms with E-state index in [1.807, 2.05) is 31.2 Å². The number of nitrogens with one attached hydrogen (secondary N) is 1. The van der Waals surface area contributed by atoms with Crippen molar-refractivity contribution in [1.82, 2.24) is 14.7 Å². The summed E-state index contributed by atoms with van der Waals surface area (Å²) in [4.78, 5) is 17.9. The van der Waals surface area contributed by atoms with Gasteiger partial charge in [-0.15, -0.1) is 0 Å². The van der Waals surface area contributed by atoms with Crippen LogP contribution in [0.1, 0.15) is 21.5 Å². The molecule has 158 valence electrons. The van der Waals surface area contributed by atoms with Gasteiger partial charge in [-0.05, 0) is 30.7 Å². The SMILES string of the molecule is Cc1cccc(CNS(N)(=O)=O)c1.O=C(O)c1cnc(-c2cc(F)ccc2F)nc1. The monoisotopic (exact) mass is 436 g/mol. The van der Waals surface area contributed by atoms with Gasteiger partial charge in [0, 0.05) is 18.9 Å². The Balaban J connectivity index is 0.000000222. The highest BCUT2D eigenvalue weighted by Crippen LogP contribution is 2.19. The lowest BCUT2D eigenvalue weighted by molar-refractivity contribution is 0.0696. The van der Waals surface area contributed by atoms with Crippen LogP contribution in [0, 0.1) is 18.6 Å². The maximum Gasteiger partial charge on any atom is 0.338 e. The fourth-order valence-corrected chi connectivity index (χ4v) is 2.62. The second kappa shape index (κ2) is 9.96. The minimum Gasteiger partial charge on any atom is -0.478 e. The lowest BCUT2D eigenvalue weighted by atomic mass is 10.1. The molecule has 0 saturated carbocycles. The van der Waals surface area contributed by atoms with Crippen LogP contribution in [-0.2, 0) is 16.8 Å². The Bertz CT molecular complexity index is 1140. The summed E-state index contributed by atoms with van der Waals surface area (Å²) >= 11 is 0. The summed E-state index contributed by atoms with van der Waals surface area (Å²) in [5.41, 5.74) is 1.76. The standard InChI is InChI=1S/C11H6F2N2O2.C8H12N2O2S/c12-7-1-2-9(13)8(3-7)10-14-4-6(5-15-10)11(16)17;1-7-3-2-4-8(5-7)6-10-13(9,11)12/h1-5H,(H,16,17);2-5,10H,6H2,1H3,(H2,9,11,12). The molecule has 11 heteroatoms. The van der Waals surface area contributed by atoms with E-state index in [1.54, 1.807) is 0 Å². The van der Waals surface area contributed by atoms with Gasteiger partial charge in [-0.3, -0.25) is 0 Å². The van der Waals surface area contributed by atoms with E-state index in [4.69, 9.17) is 10.2 Å². The zero-order chi connectivity index (χ0) is 22.3. The first kappa shape index (κ1) is 23.0. The first-order valence-corrected chi connectivity index (χ1v) is 9.93. The highest BCUT2D eigenvalue weighted by atomic mass is 32.2. The van der Waals surface area contributed by atoms with Crippen molar-refractivity contribution >= 4 is 16.2 Å². The molecule has 0 unspecified atom stereocenters. The van der Waals surface area contributed by atoms with Gasteiger partial charge < -0.3 is 5.11 Å². The maximum absolute atomic E-state index is 13.4. The average Bonchev–Trinajstić information content (AvgIpc) is 2.68. The van der Waals surface area contributed by atoms with Crippen molar-refractivity contribution in [2.45, 2.75) is 13.5 Å². The molecule has 0 aliphatic carbocycles. The number of aromatic carboxylic acids is 1. The summed E-state index contributed by atoms with van der Waals surface area (Å²) in [6.45, 7) is 2.18. The number of aromatic nitrogens is 2. The Hall–Kier alpha value is -3.28. The molecule has 3 rings (SSSR count). The number of carboxylic acid groups (broad SMARTS) is 1. The molecule has 0 fully saturated rings. The van der Waals surface area contributed by atoms with Crippen LogP contribution in [0.3, 0.4) is 0 Å². The molecule has 0 spiro atoms. The summed E-state index contributed by atoms with van der Waals surface area (Å²) in [6, 6.07) is 10.4. The zero-order valence-electron chi connectivity index (χ0n) is 15.7. The molecule has 1 heterocycles. The van der Waals surface area contributed by atoms with Crippen molar-refractivity contribution in [2.24, 2.45) is 5.14 Å². The predicted octanol–water partition coefficient (Wildman–Crippen LogP) is 2.41. The van der Waals surface area contributed by atoms with E-state index in [-0.39, 0.29) is 23.5 Å². The quantitative estimate of drug-likeness (QED) is 0.562. The Morgan fingerprint density at radius 2 is 1.80 bits per heavy atom. The molecule has 0 saturated heterocycles. The Morgan fingerprint density at radius 3 is 2.37 bits per heavy atom. The van der Waals surface area contributed by atoms with Crippen LogP contribution in [-0.4, -0.2) is 29.5 Å². The van der Waals surface area contributed by atoms with Gasteiger partial charge in [0.2, 0.25) is 0 Å². The van der Waals surface area contributed by atoms with E-state index < -0.39 is 27.8 Å². The third-order valence-electron chi connectivity index (χ3n) is 3.63. The largest absolute Gasteiger partial charge is 0.478 e. The first-order valence-electron chi connectivity index (χ1n) is 8.39. The van der Waals surface area contributed by atoms with Crippen LogP contribution in [0.2, 0.25) is 0 Å². The number of carbonyl (C=O) groups is 1. The van der Waals surface area contributed by atoms with Gasteiger partial charge in [0.05, 0.1) is 11.1 Å². The first-order chi connectivity index (χ1) is 14.0. The number of nitrogens with two attached hydrogens (primary N) is 1. The molecule has 8 nitrogen and oxygen atoms in total. The number of benzene rings is 2. The van der Waals surface area contributed by atoms with Gasteiger partial charge in [-0.2, -0.15) is 13.1 Å². The minimum atomic E-state index is -3.59. The molecule has 3 aromatic rings. The smallest absolute Gasteiger partial charge is 0.338 e. The van der Waals surface area contributed by atoms with E-state index in [0.29, 0.717) is 0 Å². The number of carboxylic acids is 1. The Labute approximate surface area is 171 Å². The lowest BCUT2D eigenvalue weighted by Gasteiger charge is -2.02. The second-order valence-corrected chi connectivity index (χ2v) is 7.46. The fourth-order valence-electron chi connectivity index (χ4n) is 2.25. The third-order valence-corrected chi connectivity index (χ3v) is 4.17. The van der Waals surface area contributed by atoms with E-state index in [1.165, 1.54) is 0 Å². The molecule has 0 amide bonds. The average molecular weight is 436 g/mol. The third kappa shape index (κ3) is 7.28. The van der Waals surface area contributed by atoms with Gasteiger partial charge >= 0.3 is 5.97 Å². The van der Waals surface area contributed by atoms with E-state index in [2.05, 4.69) is 14.7 Å². The normalized spacial score (nSPS) is 10.8. The summed E-state index contributed by atoms with van der Waals surface area (Å²) in [7, 11) is -3.59. The van der Waals surface area contributed by atoms with Crippen LogP contribution >= 0.6 is 0 Å². The van der Waals surface area contributed by atoms with Gasteiger partial charge in [0.15, 0.2) is 5.82 Å². The second-order valence-electron chi connectivity index (χ2n) is 6.08. The maximum atomic E-state index is 13.4. The van der Waals surface area contributed by atoms with Crippen LogP contribution < -0.4 is 9.86 Å². The van der Waals surface area contributed by atoms with Crippen LogP contribution in [0.25, 0.3) is 11.4 Å². The Morgan fingerprint density at radius 1 is 1.13 bits per heavy atom. The number of aryl methyl sites for hydroxylation is 1. The van der Waals surface area contributed by atoms with E-state index in [9.17, 15) is 22.0 Å². The molecule has 0 bridgehead atoms. The van der Waals surface area contributed by atoms with Crippen LogP contribution in [0.5, 0.6) is 0 Å². The van der Waals surface area contributed by atoms with Gasteiger partial charge in [0.1, 0.15) is 11.6 Å². The topological polar surface area (TPSA) is 135 Å². The predicted molar refractivity (Wildman–Crippen MR) is 105 cm³/mol. The summed E-state index contributed by atoms with van der Waals surface area (Å²) < 4.78 is 49.6. The fraction of sp³-hybridized carbons (Fsp3) is 0.105. The van der Waals surface area contributed by atoms with Crippen molar-refractivity contribution in [3.8, 4) is 11.4 Å². The van der Waals surface area contributed by atoms with Gasteiger partial charge in [-0.1, -0.05) is 29.8 Å². The molecule has 0 aliphatic heterocycles. The lowest BCUT2D eigenvalue weighted by Crippen LogP contribution is -2.30. The van der Waals surface area contributed by atoms with E-state index in [0.717, 1.165) is 41.7 Å². The molecule has 1 aromatic heterocycles. The van der Waals surface area contributed by atoms with Crippen molar-refractivity contribution in [1.29, 1.82) is 0 Å². The number of hydrogen-bond donors (Lipinski definition) is 3. The molecule has 0 radical (unpaired) electrons. The molecule has 2 aromatic carbocycles. The number of rotatable bonds is 5. The van der Waals surface area contributed by atoms with Crippen LogP contribution in [0.4, 0.5) is 8.78 Å². The number of nitrogens with zero attached hydrogens (tertiary/aromatic N) is 2. The summed E-state index contributed by atoms with van der Waals surface area (Å²) in [6.07, 6.45) is 2.07. The molecular weight excluding hydrogens is 418 g/mol. The van der Waals surface area contributed by atoms with Crippen LogP contribution in [0.15, 0.2) is 54.9 Å². The molecule has 0 aliphatic rings. The number of halogens is 2. The molecule has 30 heavy (non-hydrogen) atoms.